The Balaban J connectivity index is 2.36. The molecular weight excluding hydrogens is 202 g/mol. The van der Waals surface area contributed by atoms with Crippen molar-refractivity contribution < 1.29 is 0 Å². The van der Waals surface area contributed by atoms with Crippen molar-refractivity contribution in [2.45, 2.75) is 5.88 Å². The summed E-state index contributed by atoms with van der Waals surface area (Å²) in [6, 6.07) is 10.1. The molecule has 2 aromatic rings. The van der Waals surface area contributed by atoms with E-state index < -0.39 is 0 Å². The van der Waals surface area contributed by atoms with Crippen LogP contribution in [0.1, 0.15) is 4.88 Å². The molecule has 0 spiro atoms. The lowest BCUT2D eigenvalue weighted by Gasteiger charge is -1.92. The van der Waals surface area contributed by atoms with Gasteiger partial charge in [0, 0.05) is 16.6 Å². The van der Waals surface area contributed by atoms with E-state index in [1.165, 1.54) is 0 Å². The number of aromatic nitrogens is 1. The van der Waals surface area contributed by atoms with Gasteiger partial charge in [-0.2, -0.15) is 0 Å². The lowest BCUT2D eigenvalue weighted by Crippen LogP contribution is -1.71. The van der Waals surface area contributed by atoms with Crippen LogP contribution in [0.25, 0.3) is 10.6 Å². The summed E-state index contributed by atoms with van der Waals surface area (Å²) in [7, 11) is 0. The fraction of sp³-hybridized carbons (Fsp3) is 0.100. The fourth-order valence-electron chi connectivity index (χ4n) is 1.08. The molecule has 0 aliphatic rings. The van der Waals surface area contributed by atoms with Crippen molar-refractivity contribution in [1.29, 1.82) is 0 Å². The maximum absolute atomic E-state index is 5.70. The molecule has 13 heavy (non-hydrogen) atoms. The summed E-state index contributed by atoms with van der Waals surface area (Å²) in [4.78, 5) is 5.40. The van der Waals surface area contributed by atoms with E-state index in [2.05, 4.69) is 17.1 Å². The van der Waals surface area contributed by atoms with E-state index in [1.807, 2.05) is 24.4 Å². The van der Waals surface area contributed by atoms with Crippen molar-refractivity contribution in [3.8, 4) is 10.6 Å². The van der Waals surface area contributed by atoms with Gasteiger partial charge in [-0.05, 0) is 0 Å². The number of hydrogen-bond acceptors (Lipinski definition) is 2. The van der Waals surface area contributed by atoms with Crippen molar-refractivity contribution in [1.82, 2.24) is 4.98 Å². The number of nitrogens with zero attached hydrogens (tertiary/aromatic N) is 1. The van der Waals surface area contributed by atoms with Crippen LogP contribution in [0.5, 0.6) is 0 Å². The second-order valence-corrected chi connectivity index (χ2v) is 4.01. The monoisotopic (exact) mass is 209 g/mol. The highest BCUT2D eigenvalue weighted by Crippen LogP contribution is 2.25. The average molecular weight is 210 g/mol. The highest BCUT2D eigenvalue weighted by molar-refractivity contribution is 7.15. The van der Waals surface area contributed by atoms with Crippen LogP contribution in [0.2, 0.25) is 0 Å². The maximum atomic E-state index is 5.70. The summed E-state index contributed by atoms with van der Waals surface area (Å²) < 4.78 is 0. The van der Waals surface area contributed by atoms with E-state index in [9.17, 15) is 0 Å². The topological polar surface area (TPSA) is 12.9 Å². The minimum atomic E-state index is 0.546. The summed E-state index contributed by atoms with van der Waals surface area (Å²) in [6.07, 6.45) is 1.83. The van der Waals surface area contributed by atoms with Crippen LogP contribution in [-0.2, 0) is 5.88 Å². The zero-order chi connectivity index (χ0) is 9.10. The lowest BCUT2D eigenvalue weighted by molar-refractivity contribution is 1.36. The minimum absolute atomic E-state index is 0.546. The molecule has 0 aliphatic carbocycles. The van der Waals surface area contributed by atoms with Gasteiger partial charge in [0.2, 0.25) is 0 Å². The average Bonchev–Trinajstić information content (AvgIpc) is 2.67. The second-order valence-electron chi connectivity index (χ2n) is 2.63. The molecule has 1 nitrogen and oxygen atoms in total. The van der Waals surface area contributed by atoms with Gasteiger partial charge < -0.3 is 0 Å². The molecule has 3 heteroatoms. The van der Waals surface area contributed by atoms with Gasteiger partial charge in [-0.15, -0.1) is 22.9 Å². The Morgan fingerprint density at radius 2 is 2.00 bits per heavy atom. The number of thiazole rings is 1. The SMILES string of the molecule is ClCc1cnc(-c2ccccc2)s1. The summed E-state index contributed by atoms with van der Waals surface area (Å²) in [5.41, 5.74) is 1.16. The van der Waals surface area contributed by atoms with Crippen LogP contribution in [0.4, 0.5) is 0 Å². The molecule has 0 amide bonds. The molecule has 0 saturated carbocycles. The van der Waals surface area contributed by atoms with E-state index in [1.54, 1.807) is 11.3 Å². The Hall–Kier alpha value is -0.860. The third-order valence-electron chi connectivity index (χ3n) is 1.71. The highest BCUT2D eigenvalue weighted by atomic mass is 35.5. The molecule has 0 aliphatic heterocycles. The van der Waals surface area contributed by atoms with Crippen molar-refractivity contribution >= 4 is 22.9 Å². The van der Waals surface area contributed by atoms with Crippen LogP contribution in [0.15, 0.2) is 36.5 Å². The van der Waals surface area contributed by atoms with Gasteiger partial charge in [0.25, 0.3) is 0 Å². The summed E-state index contributed by atoms with van der Waals surface area (Å²) in [6.45, 7) is 0. The van der Waals surface area contributed by atoms with E-state index in [-0.39, 0.29) is 0 Å². The van der Waals surface area contributed by atoms with Crippen LogP contribution in [0.3, 0.4) is 0 Å². The fourth-order valence-corrected chi connectivity index (χ4v) is 2.08. The molecule has 0 fully saturated rings. The Kier molecular flexibility index (Phi) is 2.62. The van der Waals surface area contributed by atoms with E-state index >= 15 is 0 Å². The van der Waals surface area contributed by atoms with Crippen LogP contribution >= 0.6 is 22.9 Å². The van der Waals surface area contributed by atoms with Gasteiger partial charge in [0.15, 0.2) is 0 Å². The zero-order valence-electron chi connectivity index (χ0n) is 6.90. The lowest BCUT2D eigenvalue weighted by atomic mass is 10.2. The predicted molar refractivity (Wildman–Crippen MR) is 57.1 cm³/mol. The molecule has 0 bridgehead atoms. The molecule has 1 aromatic carbocycles. The van der Waals surface area contributed by atoms with Crippen molar-refractivity contribution in [2.75, 3.05) is 0 Å². The quantitative estimate of drug-likeness (QED) is 0.690. The first-order valence-corrected chi connectivity index (χ1v) is 5.31. The molecule has 1 aromatic heterocycles. The largest absolute Gasteiger partial charge is 0.244 e. The van der Waals surface area contributed by atoms with Crippen LogP contribution in [-0.4, -0.2) is 4.98 Å². The molecule has 66 valence electrons. The van der Waals surface area contributed by atoms with Gasteiger partial charge in [-0.25, -0.2) is 4.98 Å². The highest BCUT2D eigenvalue weighted by Gasteiger charge is 2.02. The third kappa shape index (κ3) is 1.90. The van der Waals surface area contributed by atoms with Gasteiger partial charge in [0.1, 0.15) is 5.01 Å². The third-order valence-corrected chi connectivity index (χ3v) is 3.20. The smallest absolute Gasteiger partial charge is 0.123 e. The number of alkyl halides is 1. The number of rotatable bonds is 2. The minimum Gasteiger partial charge on any atom is -0.244 e. The van der Waals surface area contributed by atoms with E-state index in [0.29, 0.717) is 5.88 Å². The number of benzene rings is 1. The molecule has 0 saturated heterocycles. The molecular formula is C10H8ClNS. The molecule has 0 N–H and O–H groups in total. The first-order chi connectivity index (χ1) is 6.40. The molecule has 2 rings (SSSR count). The molecule has 0 atom stereocenters. The zero-order valence-corrected chi connectivity index (χ0v) is 8.48. The van der Waals surface area contributed by atoms with Crippen LogP contribution < -0.4 is 0 Å². The predicted octanol–water partition coefficient (Wildman–Crippen LogP) is 3.55. The van der Waals surface area contributed by atoms with Gasteiger partial charge in [-0.3, -0.25) is 0 Å². The first kappa shape index (κ1) is 8.73. The summed E-state index contributed by atoms with van der Waals surface area (Å²) >= 11 is 7.34. The standard InChI is InChI=1S/C10H8ClNS/c11-6-9-7-12-10(13-9)8-4-2-1-3-5-8/h1-5,7H,6H2. The molecule has 0 unspecified atom stereocenters. The van der Waals surface area contributed by atoms with Crippen molar-refractivity contribution in [3.05, 3.63) is 41.4 Å². The maximum Gasteiger partial charge on any atom is 0.123 e. The summed E-state index contributed by atoms with van der Waals surface area (Å²) in [5, 5.41) is 1.04. The Morgan fingerprint density at radius 3 is 2.62 bits per heavy atom. The van der Waals surface area contributed by atoms with Gasteiger partial charge in [-0.1, -0.05) is 30.3 Å². The summed E-state index contributed by atoms with van der Waals surface area (Å²) in [5.74, 6) is 0.546. The Labute approximate surface area is 86.0 Å². The Bertz CT molecular complexity index is 383. The first-order valence-electron chi connectivity index (χ1n) is 3.96. The van der Waals surface area contributed by atoms with Crippen molar-refractivity contribution in [2.24, 2.45) is 0 Å². The number of halogens is 1. The van der Waals surface area contributed by atoms with E-state index in [0.717, 1.165) is 15.4 Å². The normalized spacial score (nSPS) is 10.2. The Morgan fingerprint density at radius 1 is 1.23 bits per heavy atom. The number of hydrogen-bond donors (Lipinski definition) is 0. The second kappa shape index (κ2) is 3.90. The molecule has 0 radical (unpaired) electrons. The van der Waals surface area contributed by atoms with Crippen molar-refractivity contribution in [3.63, 3.8) is 0 Å². The van der Waals surface area contributed by atoms with Gasteiger partial charge >= 0.3 is 0 Å². The van der Waals surface area contributed by atoms with Gasteiger partial charge in [0.05, 0.1) is 5.88 Å². The van der Waals surface area contributed by atoms with E-state index in [4.69, 9.17) is 11.6 Å². The van der Waals surface area contributed by atoms with Crippen LogP contribution in [0, 0.1) is 0 Å². The molecule has 1 heterocycles.